The topological polar surface area (TPSA) is 135 Å². The largest absolute Gasteiger partial charge is 0.492 e. The van der Waals surface area contributed by atoms with Gasteiger partial charge in [0, 0.05) is 31.7 Å². The fourth-order valence-electron chi connectivity index (χ4n) is 5.88. The number of aromatic nitrogens is 2. The number of carbonyl (C=O) groups is 1. The number of halogens is 1. The summed E-state index contributed by atoms with van der Waals surface area (Å²) in [6.07, 6.45) is 3.41. The minimum Gasteiger partial charge on any atom is -0.492 e. The Morgan fingerprint density at radius 3 is 2.95 bits per heavy atom. The summed E-state index contributed by atoms with van der Waals surface area (Å²) >= 11 is 0. The van der Waals surface area contributed by atoms with Crippen LogP contribution in [-0.4, -0.2) is 83.3 Å². The Hall–Kier alpha value is -3.06. The molecule has 4 N–H and O–H groups in total. The number of amides is 1. The molecule has 6 rings (SSSR count). The molecule has 12 heteroatoms. The molecule has 1 aromatic carbocycles. The highest BCUT2D eigenvalue weighted by Gasteiger charge is 2.47. The van der Waals surface area contributed by atoms with Gasteiger partial charge < -0.3 is 40.2 Å². The Bertz CT molecular complexity index is 1220. The van der Waals surface area contributed by atoms with Crippen molar-refractivity contribution in [2.45, 2.75) is 50.7 Å². The Labute approximate surface area is 220 Å². The standard InChI is InChI=1S/C26H33FN6O5/c1-15(28)12-36-18-8-17-6-16(7-19(17)20(27)9-18)11-32-4-2-26(3-5-32)14-33(25(35)38-26)21-10-29-24-23(30-21)31-22(34)13-37-24/h8-10,15-16,25,35H,2-7,11-14,28H2,1H3,(H,30,31,34)/t15-,16?,25?/m0/s1. The van der Waals surface area contributed by atoms with Crippen molar-refractivity contribution in [2.75, 3.05) is 49.6 Å². The van der Waals surface area contributed by atoms with E-state index in [9.17, 15) is 14.3 Å². The lowest BCUT2D eigenvalue weighted by Gasteiger charge is -2.39. The van der Waals surface area contributed by atoms with Crippen LogP contribution in [0.25, 0.3) is 0 Å². The van der Waals surface area contributed by atoms with E-state index in [0.29, 0.717) is 30.6 Å². The van der Waals surface area contributed by atoms with Crippen LogP contribution in [0.4, 0.5) is 16.0 Å². The number of aliphatic hydroxyl groups is 1. The first kappa shape index (κ1) is 25.2. The average molecular weight is 529 g/mol. The lowest BCUT2D eigenvalue weighted by molar-refractivity contribution is -0.151. The number of carbonyl (C=O) groups excluding carboxylic acids is 1. The van der Waals surface area contributed by atoms with E-state index in [4.69, 9.17) is 19.9 Å². The Morgan fingerprint density at radius 1 is 1.34 bits per heavy atom. The fourth-order valence-corrected chi connectivity index (χ4v) is 5.88. The van der Waals surface area contributed by atoms with E-state index >= 15 is 0 Å². The van der Waals surface area contributed by atoms with Crippen LogP contribution in [0.1, 0.15) is 30.9 Å². The first-order chi connectivity index (χ1) is 18.3. The van der Waals surface area contributed by atoms with Gasteiger partial charge in [-0.1, -0.05) is 0 Å². The van der Waals surface area contributed by atoms with Gasteiger partial charge in [0.25, 0.3) is 11.8 Å². The summed E-state index contributed by atoms with van der Waals surface area (Å²) < 4.78 is 31.7. The number of aliphatic hydroxyl groups excluding tert-OH is 1. The third-order valence-electron chi connectivity index (χ3n) is 7.76. The van der Waals surface area contributed by atoms with Crippen LogP contribution in [0.15, 0.2) is 18.3 Å². The van der Waals surface area contributed by atoms with E-state index in [0.717, 1.165) is 56.4 Å². The number of nitrogens with one attached hydrogen (secondary N) is 1. The quantitative estimate of drug-likeness (QED) is 0.499. The average Bonchev–Trinajstić information content (AvgIpc) is 3.44. The summed E-state index contributed by atoms with van der Waals surface area (Å²) in [5.41, 5.74) is 7.08. The van der Waals surface area contributed by atoms with Crippen molar-refractivity contribution >= 4 is 17.5 Å². The molecule has 4 aliphatic rings. The number of ether oxygens (including phenoxy) is 3. The molecule has 4 heterocycles. The van der Waals surface area contributed by atoms with Crippen LogP contribution in [0.5, 0.6) is 11.6 Å². The molecule has 2 fully saturated rings. The number of fused-ring (bicyclic) bond motifs is 2. The second-order valence-electron chi connectivity index (χ2n) is 10.9. The summed E-state index contributed by atoms with van der Waals surface area (Å²) in [6.45, 7) is 5.10. The molecule has 1 spiro atoms. The first-order valence-corrected chi connectivity index (χ1v) is 13.1. The zero-order valence-corrected chi connectivity index (χ0v) is 21.4. The summed E-state index contributed by atoms with van der Waals surface area (Å²) in [4.78, 5) is 24.3. The molecule has 2 saturated heterocycles. The van der Waals surface area contributed by atoms with Crippen molar-refractivity contribution in [1.82, 2.24) is 14.9 Å². The molecule has 1 aromatic heterocycles. The third kappa shape index (κ3) is 5.00. The molecule has 3 aliphatic heterocycles. The predicted molar refractivity (Wildman–Crippen MR) is 135 cm³/mol. The molecule has 1 aliphatic carbocycles. The van der Waals surface area contributed by atoms with Crippen molar-refractivity contribution in [3.63, 3.8) is 0 Å². The third-order valence-corrected chi connectivity index (χ3v) is 7.76. The highest BCUT2D eigenvalue weighted by molar-refractivity contribution is 5.93. The zero-order chi connectivity index (χ0) is 26.4. The van der Waals surface area contributed by atoms with Gasteiger partial charge in [-0.25, -0.2) is 14.4 Å². The van der Waals surface area contributed by atoms with E-state index < -0.39 is 12.0 Å². The number of benzene rings is 1. The van der Waals surface area contributed by atoms with E-state index in [1.165, 1.54) is 12.3 Å². The normalized spacial score (nSPS) is 25.1. The van der Waals surface area contributed by atoms with Gasteiger partial charge in [-0.2, -0.15) is 0 Å². The molecule has 0 radical (unpaired) electrons. The number of nitrogens with zero attached hydrogens (tertiary/aromatic N) is 4. The number of rotatable bonds is 6. The van der Waals surface area contributed by atoms with Crippen LogP contribution < -0.4 is 25.4 Å². The van der Waals surface area contributed by atoms with Crippen LogP contribution in [0, 0.1) is 11.7 Å². The predicted octanol–water partition coefficient (Wildman–Crippen LogP) is 1.03. The van der Waals surface area contributed by atoms with E-state index in [1.54, 1.807) is 4.90 Å². The highest BCUT2D eigenvalue weighted by Crippen LogP contribution is 2.39. The van der Waals surface area contributed by atoms with Gasteiger partial charge in [-0.05, 0) is 55.7 Å². The molecule has 11 nitrogen and oxygen atoms in total. The SMILES string of the molecule is C[C@H](N)COc1cc(F)c2c(c1)CC(CN1CCC3(CC1)CN(c1cnc4c(n1)NC(=O)CO4)C(O)O3)C2. The molecule has 1 amide bonds. The van der Waals surface area contributed by atoms with Crippen molar-refractivity contribution in [2.24, 2.45) is 11.7 Å². The van der Waals surface area contributed by atoms with Crippen molar-refractivity contribution < 1.29 is 28.5 Å². The fraction of sp³-hybridized carbons (Fsp3) is 0.577. The second kappa shape index (κ2) is 9.92. The summed E-state index contributed by atoms with van der Waals surface area (Å²) in [7, 11) is 0. The van der Waals surface area contributed by atoms with Gasteiger partial charge in [0.1, 0.15) is 18.2 Å². The maximum Gasteiger partial charge on any atom is 0.263 e. The van der Waals surface area contributed by atoms with Crippen molar-refractivity contribution in [3.8, 4) is 11.6 Å². The smallest absolute Gasteiger partial charge is 0.263 e. The van der Waals surface area contributed by atoms with E-state index in [1.807, 2.05) is 13.0 Å². The Morgan fingerprint density at radius 2 is 2.16 bits per heavy atom. The number of hydrogen-bond acceptors (Lipinski definition) is 10. The number of hydrogen-bond donors (Lipinski definition) is 3. The molecule has 3 atom stereocenters. The molecule has 2 unspecified atom stereocenters. The highest BCUT2D eigenvalue weighted by atomic mass is 19.1. The zero-order valence-electron chi connectivity index (χ0n) is 21.4. The van der Waals surface area contributed by atoms with Crippen molar-refractivity contribution in [1.29, 1.82) is 0 Å². The molecular formula is C26H33FN6O5. The van der Waals surface area contributed by atoms with Crippen LogP contribution in [-0.2, 0) is 22.4 Å². The number of nitrogens with two attached hydrogens (primary N) is 1. The van der Waals surface area contributed by atoms with E-state index in [-0.39, 0.29) is 36.1 Å². The molecule has 38 heavy (non-hydrogen) atoms. The number of piperidine rings is 1. The van der Waals surface area contributed by atoms with Gasteiger partial charge in [0.05, 0.1) is 18.3 Å². The monoisotopic (exact) mass is 528 g/mol. The minimum absolute atomic E-state index is 0.0957. The molecule has 204 valence electrons. The molecule has 0 bridgehead atoms. The van der Waals surface area contributed by atoms with Gasteiger partial charge in [0.2, 0.25) is 6.41 Å². The summed E-state index contributed by atoms with van der Waals surface area (Å²) in [6, 6.07) is 3.31. The maximum absolute atomic E-state index is 14.7. The molecular weight excluding hydrogens is 495 g/mol. The van der Waals surface area contributed by atoms with E-state index in [2.05, 4.69) is 20.2 Å². The van der Waals surface area contributed by atoms with Crippen LogP contribution >= 0.6 is 0 Å². The molecule has 0 saturated carbocycles. The first-order valence-electron chi connectivity index (χ1n) is 13.1. The Kier molecular flexibility index (Phi) is 6.58. The van der Waals surface area contributed by atoms with Crippen molar-refractivity contribution in [3.05, 3.63) is 35.3 Å². The summed E-state index contributed by atoms with van der Waals surface area (Å²) in [5, 5.41) is 13.3. The summed E-state index contributed by atoms with van der Waals surface area (Å²) in [5.74, 6) is 1.29. The second-order valence-corrected chi connectivity index (χ2v) is 10.9. The van der Waals surface area contributed by atoms with Gasteiger partial charge in [-0.15, -0.1) is 0 Å². The van der Waals surface area contributed by atoms with Gasteiger partial charge in [0.15, 0.2) is 18.2 Å². The molecule has 2 aromatic rings. The number of likely N-dealkylation sites (tertiary alicyclic amines) is 1. The van der Waals surface area contributed by atoms with Gasteiger partial charge >= 0.3 is 0 Å². The van der Waals surface area contributed by atoms with Gasteiger partial charge in [-0.3, -0.25) is 4.79 Å². The van der Waals surface area contributed by atoms with Crippen LogP contribution in [0.2, 0.25) is 0 Å². The number of anilines is 2. The lowest BCUT2D eigenvalue weighted by atomic mass is 9.90. The Balaban J connectivity index is 1.04. The van der Waals surface area contributed by atoms with Crippen LogP contribution in [0.3, 0.4) is 0 Å². The lowest BCUT2D eigenvalue weighted by Crippen LogP contribution is -2.48. The minimum atomic E-state index is -1.15. The maximum atomic E-state index is 14.7.